The lowest BCUT2D eigenvalue weighted by atomic mass is 9.91. The van der Waals surface area contributed by atoms with Crippen LogP contribution in [0.1, 0.15) is 24.1 Å². The topological polar surface area (TPSA) is 53.3 Å². The number of hydrogen-bond donors (Lipinski definition) is 0. The lowest BCUT2D eigenvalue weighted by Gasteiger charge is -2.27. The van der Waals surface area contributed by atoms with Crippen molar-refractivity contribution < 1.29 is 9.63 Å². The number of hydroxylamine groups is 1. The summed E-state index contributed by atoms with van der Waals surface area (Å²) >= 11 is 0. The molecular formula is C18H16N2O2. The first-order chi connectivity index (χ1) is 10.7. The number of nitriles is 1. The largest absolute Gasteiger partial charge is 0.300 e. The Balaban J connectivity index is 2.02. The fourth-order valence-electron chi connectivity index (χ4n) is 2.80. The molecule has 4 heteroatoms. The van der Waals surface area contributed by atoms with Gasteiger partial charge in [-0.1, -0.05) is 36.4 Å². The third kappa shape index (κ3) is 2.59. The molecule has 2 atom stereocenters. The normalized spacial score (nSPS) is 20.6. The van der Waals surface area contributed by atoms with Gasteiger partial charge in [-0.15, -0.1) is 0 Å². The van der Waals surface area contributed by atoms with Crippen molar-refractivity contribution in [2.24, 2.45) is 5.92 Å². The Kier molecular flexibility index (Phi) is 3.90. The Morgan fingerprint density at radius 3 is 2.68 bits per heavy atom. The number of anilines is 1. The maximum absolute atomic E-state index is 12.0. The van der Waals surface area contributed by atoms with Crippen LogP contribution in [0.3, 0.4) is 0 Å². The molecule has 2 aromatic rings. The third-order valence-electron chi connectivity index (χ3n) is 3.92. The monoisotopic (exact) mass is 292 g/mol. The zero-order chi connectivity index (χ0) is 15.5. The van der Waals surface area contributed by atoms with Gasteiger partial charge in [-0.05, 0) is 30.7 Å². The van der Waals surface area contributed by atoms with Crippen LogP contribution in [0.25, 0.3) is 0 Å². The second kappa shape index (κ2) is 6.00. The number of hydrogen-bond acceptors (Lipinski definition) is 4. The first-order valence-corrected chi connectivity index (χ1v) is 7.18. The molecule has 0 radical (unpaired) electrons. The van der Waals surface area contributed by atoms with E-state index in [9.17, 15) is 4.79 Å². The molecule has 2 aromatic carbocycles. The number of Topliss-reactive ketones (excluding diaryl/α,β-unsaturated/α-hetero) is 1. The summed E-state index contributed by atoms with van der Waals surface area (Å²) in [4.78, 5) is 17.8. The molecule has 0 bridgehead atoms. The minimum Gasteiger partial charge on any atom is -0.300 e. The fourth-order valence-corrected chi connectivity index (χ4v) is 2.80. The minimum atomic E-state index is -0.215. The third-order valence-corrected chi connectivity index (χ3v) is 3.92. The number of carbonyl (C=O) groups excluding carboxylic acids is 1. The van der Waals surface area contributed by atoms with Crippen LogP contribution in [0.2, 0.25) is 0 Å². The molecular weight excluding hydrogens is 276 g/mol. The predicted molar refractivity (Wildman–Crippen MR) is 82.9 cm³/mol. The molecule has 4 nitrogen and oxygen atoms in total. The molecule has 0 saturated carbocycles. The zero-order valence-corrected chi connectivity index (χ0v) is 12.3. The second-order valence-corrected chi connectivity index (χ2v) is 5.36. The van der Waals surface area contributed by atoms with Crippen LogP contribution in [-0.2, 0) is 9.63 Å². The van der Waals surface area contributed by atoms with Crippen LogP contribution in [0.4, 0.5) is 5.69 Å². The summed E-state index contributed by atoms with van der Waals surface area (Å²) in [5.74, 6) is -0.110. The van der Waals surface area contributed by atoms with Crippen molar-refractivity contribution in [1.29, 1.82) is 5.26 Å². The molecule has 0 amide bonds. The van der Waals surface area contributed by atoms with Crippen molar-refractivity contribution >= 4 is 11.5 Å². The van der Waals surface area contributed by atoms with Gasteiger partial charge < -0.3 is 0 Å². The van der Waals surface area contributed by atoms with Gasteiger partial charge in [0, 0.05) is 0 Å². The van der Waals surface area contributed by atoms with Crippen LogP contribution in [0.15, 0.2) is 54.6 Å². The van der Waals surface area contributed by atoms with Gasteiger partial charge in [-0.3, -0.25) is 9.63 Å². The molecule has 22 heavy (non-hydrogen) atoms. The maximum atomic E-state index is 12.0. The van der Waals surface area contributed by atoms with Crippen LogP contribution < -0.4 is 5.06 Å². The highest BCUT2D eigenvalue weighted by Gasteiger charge is 2.39. The molecule has 0 N–H and O–H groups in total. The summed E-state index contributed by atoms with van der Waals surface area (Å²) < 4.78 is 0. The Morgan fingerprint density at radius 1 is 1.23 bits per heavy atom. The molecule has 1 aliphatic heterocycles. The number of ketones is 1. The number of nitrogens with zero attached hydrogens (tertiary/aromatic N) is 2. The summed E-state index contributed by atoms with van der Waals surface area (Å²) in [7, 11) is 0. The van der Waals surface area contributed by atoms with E-state index in [1.807, 2.05) is 42.5 Å². The van der Waals surface area contributed by atoms with E-state index in [1.165, 1.54) is 0 Å². The van der Waals surface area contributed by atoms with Gasteiger partial charge in [-0.25, -0.2) is 5.06 Å². The zero-order valence-electron chi connectivity index (χ0n) is 12.3. The number of carbonyl (C=O) groups is 1. The van der Waals surface area contributed by atoms with Crippen LogP contribution in [-0.4, -0.2) is 12.4 Å². The van der Waals surface area contributed by atoms with Gasteiger partial charge in [0.25, 0.3) is 0 Å². The quantitative estimate of drug-likeness (QED) is 0.871. The SMILES string of the molecule is CC(=O)C1CON(c2cccc(C#N)c2)C1c1ccccc1. The highest BCUT2D eigenvalue weighted by Crippen LogP contribution is 2.39. The molecule has 3 rings (SSSR count). The van der Waals surface area contributed by atoms with E-state index in [-0.39, 0.29) is 17.7 Å². The van der Waals surface area contributed by atoms with E-state index in [0.717, 1.165) is 11.3 Å². The molecule has 0 aromatic heterocycles. The van der Waals surface area contributed by atoms with Gasteiger partial charge >= 0.3 is 0 Å². The molecule has 2 unspecified atom stereocenters. The average molecular weight is 292 g/mol. The van der Waals surface area contributed by atoms with Gasteiger partial charge in [0.05, 0.1) is 35.9 Å². The molecule has 1 fully saturated rings. The van der Waals surface area contributed by atoms with Crippen molar-refractivity contribution in [3.63, 3.8) is 0 Å². The van der Waals surface area contributed by atoms with Gasteiger partial charge in [-0.2, -0.15) is 5.26 Å². The Labute approximate surface area is 129 Å². The smallest absolute Gasteiger partial charge is 0.137 e. The van der Waals surface area contributed by atoms with Gasteiger partial charge in [0.15, 0.2) is 0 Å². The van der Waals surface area contributed by atoms with Crippen molar-refractivity contribution in [2.45, 2.75) is 13.0 Å². The van der Waals surface area contributed by atoms with E-state index < -0.39 is 0 Å². The molecule has 1 aliphatic rings. The Bertz CT molecular complexity index is 721. The molecule has 0 spiro atoms. The van der Waals surface area contributed by atoms with Crippen molar-refractivity contribution in [3.05, 3.63) is 65.7 Å². The van der Waals surface area contributed by atoms with E-state index in [2.05, 4.69) is 6.07 Å². The van der Waals surface area contributed by atoms with E-state index in [1.54, 1.807) is 24.1 Å². The van der Waals surface area contributed by atoms with Crippen LogP contribution in [0, 0.1) is 17.2 Å². The summed E-state index contributed by atoms with van der Waals surface area (Å²) in [5, 5.41) is 10.8. The highest BCUT2D eigenvalue weighted by molar-refractivity contribution is 5.80. The lowest BCUT2D eigenvalue weighted by molar-refractivity contribution is -0.121. The Hall–Kier alpha value is -2.64. The van der Waals surface area contributed by atoms with E-state index >= 15 is 0 Å². The van der Waals surface area contributed by atoms with E-state index in [4.69, 9.17) is 10.1 Å². The molecule has 110 valence electrons. The van der Waals surface area contributed by atoms with Gasteiger partial charge in [0.1, 0.15) is 5.78 Å². The van der Waals surface area contributed by atoms with E-state index in [0.29, 0.717) is 12.2 Å². The maximum Gasteiger partial charge on any atom is 0.137 e. The van der Waals surface area contributed by atoms with Crippen molar-refractivity contribution in [2.75, 3.05) is 11.7 Å². The Morgan fingerprint density at radius 2 is 2.00 bits per heavy atom. The van der Waals surface area contributed by atoms with Crippen molar-refractivity contribution in [3.8, 4) is 6.07 Å². The highest BCUT2D eigenvalue weighted by atomic mass is 16.7. The standard InChI is InChI=1S/C18H16N2O2/c1-13(21)17-12-22-20(16-9-5-6-14(10-16)11-19)18(17)15-7-3-2-4-8-15/h2-10,17-18H,12H2,1H3. The minimum absolute atomic E-state index is 0.104. The number of benzene rings is 2. The average Bonchev–Trinajstić information content (AvgIpc) is 3.01. The summed E-state index contributed by atoms with van der Waals surface area (Å²) in [6.07, 6.45) is 0. The predicted octanol–water partition coefficient (Wildman–Crippen LogP) is 3.26. The number of rotatable bonds is 3. The summed E-state index contributed by atoms with van der Waals surface area (Å²) in [6, 6.07) is 19.0. The molecule has 1 saturated heterocycles. The van der Waals surface area contributed by atoms with Gasteiger partial charge in [0.2, 0.25) is 0 Å². The van der Waals surface area contributed by atoms with Crippen LogP contribution >= 0.6 is 0 Å². The lowest BCUT2D eigenvalue weighted by Crippen LogP contribution is -2.27. The fraction of sp³-hybridized carbons (Fsp3) is 0.222. The summed E-state index contributed by atoms with van der Waals surface area (Å²) in [5.41, 5.74) is 2.39. The van der Waals surface area contributed by atoms with Crippen molar-refractivity contribution in [1.82, 2.24) is 0 Å². The molecule has 1 heterocycles. The molecule has 0 aliphatic carbocycles. The van der Waals surface area contributed by atoms with Crippen LogP contribution in [0.5, 0.6) is 0 Å². The first kappa shape index (κ1) is 14.3. The second-order valence-electron chi connectivity index (χ2n) is 5.36. The summed E-state index contributed by atoms with van der Waals surface area (Å²) in [6.45, 7) is 1.95. The first-order valence-electron chi connectivity index (χ1n) is 7.18.